The highest BCUT2D eigenvalue weighted by Crippen LogP contribution is 2.29. The average Bonchev–Trinajstić information content (AvgIpc) is 2.72. The smallest absolute Gasteiger partial charge is 0.135 e. The second kappa shape index (κ2) is 6.30. The Morgan fingerprint density at radius 3 is 2.62 bits per heavy atom. The van der Waals surface area contributed by atoms with Gasteiger partial charge in [-0.1, -0.05) is 0 Å². The molecule has 0 radical (unpaired) electrons. The van der Waals surface area contributed by atoms with Gasteiger partial charge in [-0.05, 0) is 66.0 Å². The number of hydrogen-bond acceptors (Lipinski definition) is 4. The third-order valence-corrected chi connectivity index (χ3v) is 5.00. The second-order valence-corrected chi connectivity index (χ2v) is 6.76. The predicted molar refractivity (Wildman–Crippen MR) is 87.0 cm³/mol. The van der Waals surface area contributed by atoms with Gasteiger partial charge in [0, 0.05) is 30.4 Å². The Bertz CT molecular complexity index is 498. The molecule has 1 atom stereocenters. The van der Waals surface area contributed by atoms with E-state index in [1.54, 1.807) is 0 Å². The molecule has 2 heterocycles. The Morgan fingerprint density at radius 2 is 1.81 bits per heavy atom. The summed E-state index contributed by atoms with van der Waals surface area (Å²) < 4.78 is 0. The minimum atomic E-state index is 0.716. The van der Waals surface area contributed by atoms with Crippen molar-refractivity contribution in [1.29, 1.82) is 0 Å². The van der Waals surface area contributed by atoms with E-state index >= 15 is 0 Å². The molecule has 21 heavy (non-hydrogen) atoms. The molecule has 0 unspecified atom stereocenters. The molecule has 1 aliphatic carbocycles. The van der Waals surface area contributed by atoms with Crippen molar-refractivity contribution in [1.82, 2.24) is 14.9 Å². The summed E-state index contributed by atoms with van der Waals surface area (Å²) >= 11 is 0. The molecule has 4 nitrogen and oxygen atoms in total. The number of aryl methyl sites for hydroxylation is 2. The highest BCUT2D eigenvalue weighted by molar-refractivity contribution is 5.50. The summed E-state index contributed by atoms with van der Waals surface area (Å²) in [7, 11) is 4.41. The van der Waals surface area contributed by atoms with Crippen LogP contribution in [0.25, 0.3) is 0 Å². The standard InChI is InChI=1S/C17H28N4/c1-13-18-16-9-5-4-8-15(16)17(19-13)21-11-6-7-14(10-12-21)20(2)3/h14H,4-12H2,1-3H3/t14-/m0/s1. The van der Waals surface area contributed by atoms with Crippen LogP contribution in [-0.4, -0.2) is 48.1 Å². The van der Waals surface area contributed by atoms with E-state index < -0.39 is 0 Å². The maximum atomic E-state index is 4.82. The van der Waals surface area contributed by atoms with Crippen LogP contribution in [0.15, 0.2) is 0 Å². The van der Waals surface area contributed by atoms with Gasteiger partial charge in [-0.2, -0.15) is 0 Å². The maximum absolute atomic E-state index is 4.82. The molecule has 1 saturated heterocycles. The van der Waals surface area contributed by atoms with Gasteiger partial charge in [0.1, 0.15) is 11.6 Å². The van der Waals surface area contributed by atoms with Crippen LogP contribution in [0.2, 0.25) is 0 Å². The van der Waals surface area contributed by atoms with E-state index in [-0.39, 0.29) is 0 Å². The van der Waals surface area contributed by atoms with Crippen molar-refractivity contribution >= 4 is 5.82 Å². The van der Waals surface area contributed by atoms with Crippen LogP contribution < -0.4 is 4.90 Å². The van der Waals surface area contributed by atoms with Crippen molar-refractivity contribution < 1.29 is 0 Å². The van der Waals surface area contributed by atoms with Gasteiger partial charge in [-0.25, -0.2) is 9.97 Å². The number of fused-ring (bicyclic) bond motifs is 1. The first kappa shape index (κ1) is 14.8. The van der Waals surface area contributed by atoms with Crippen molar-refractivity contribution in [3.8, 4) is 0 Å². The Hall–Kier alpha value is -1.16. The largest absolute Gasteiger partial charge is 0.356 e. The molecule has 116 valence electrons. The molecule has 0 amide bonds. The highest BCUT2D eigenvalue weighted by Gasteiger charge is 2.24. The first-order valence-corrected chi connectivity index (χ1v) is 8.43. The molecular weight excluding hydrogens is 260 g/mol. The van der Waals surface area contributed by atoms with Crippen molar-refractivity contribution in [3.05, 3.63) is 17.1 Å². The summed E-state index contributed by atoms with van der Waals surface area (Å²) in [5.41, 5.74) is 2.76. The number of rotatable bonds is 2. The molecule has 0 N–H and O–H groups in total. The van der Waals surface area contributed by atoms with Crippen molar-refractivity contribution in [2.45, 2.75) is 57.9 Å². The minimum absolute atomic E-state index is 0.716. The zero-order valence-corrected chi connectivity index (χ0v) is 13.7. The van der Waals surface area contributed by atoms with Gasteiger partial charge >= 0.3 is 0 Å². The van der Waals surface area contributed by atoms with Crippen LogP contribution in [0, 0.1) is 6.92 Å². The molecule has 2 aliphatic rings. The first-order valence-electron chi connectivity index (χ1n) is 8.43. The fourth-order valence-corrected chi connectivity index (χ4v) is 3.76. The molecular formula is C17H28N4. The third-order valence-electron chi connectivity index (χ3n) is 5.00. The average molecular weight is 288 g/mol. The lowest BCUT2D eigenvalue weighted by atomic mass is 9.96. The van der Waals surface area contributed by atoms with Gasteiger partial charge in [-0.15, -0.1) is 0 Å². The lowest BCUT2D eigenvalue weighted by Crippen LogP contribution is -2.31. The molecule has 1 fully saturated rings. The van der Waals surface area contributed by atoms with Crippen LogP contribution >= 0.6 is 0 Å². The van der Waals surface area contributed by atoms with Gasteiger partial charge in [0.15, 0.2) is 0 Å². The number of nitrogens with zero attached hydrogens (tertiary/aromatic N) is 4. The molecule has 0 bridgehead atoms. The number of anilines is 1. The molecule has 4 heteroatoms. The van der Waals surface area contributed by atoms with E-state index in [9.17, 15) is 0 Å². The first-order chi connectivity index (χ1) is 10.1. The summed E-state index contributed by atoms with van der Waals surface area (Å²) in [6.07, 6.45) is 8.69. The minimum Gasteiger partial charge on any atom is -0.356 e. The lowest BCUT2D eigenvalue weighted by molar-refractivity contribution is 0.272. The summed E-state index contributed by atoms with van der Waals surface area (Å²) in [6, 6.07) is 0.716. The Balaban J connectivity index is 1.85. The maximum Gasteiger partial charge on any atom is 0.135 e. The van der Waals surface area contributed by atoms with E-state index in [2.05, 4.69) is 28.9 Å². The SMILES string of the molecule is Cc1nc2c(c(N3CCC[C@H](N(C)C)CC3)n1)CCCC2. The quantitative estimate of drug-likeness (QED) is 0.837. The molecule has 0 aromatic carbocycles. The third kappa shape index (κ3) is 3.20. The van der Waals surface area contributed by atoms with E-state index in [1.807, 2.05) is 6.92 Å². The monoisotopic (exact) mass is 288 g/mol. The molecule has 1 aromatic heterocycles. The van der Waals surface area contributed by atoms with Crippen LogP contribution in [0.4, 0.5) is 5.82 Å². The van der Waals surface area contributed by atoms with Crippen molar-refractivity contribution in [2.75, 3.05) is 32.1 Å². The molecule has 3 rings (SSSR count). The van der Waals surface area contributed by atoms with Crippen LogP contribution in [0.1, 0.15) is 49.2 Å². The fraction of sp³-hybridized carbons (Fsp3) is 0.765. The van der Waals surface area contributed by atoms with Gasteiger partial charge in [0.2, 0.25) is 0 Å². The van der Waals surface area contributed by atoms with Gasteiger partial charge in [0.25, 0.3) is 0 Å². The van der Waals surface area contributed by atoms with E-state index in [0.29, 0.717) is 6.04 Å². The molecule has 1 aliphatic heterocycles. The summed E-state index contributed by atoms with van der Waals surface area (Å²) in [4.78, 5) is 14.4. The van der Waals surface area contributed by atoms with E-state index in [4.69, 9.17) is 4.98 Å². The second-order valence-electron chi connectivity index (χ2n) is 6.76. The lowest BCUT2D eigenvalue weighted by Gasteiger charge is -2.28. The van der Waals surface area contributed by atoms with E-state index in [1.165, 1.54) is 55.6 Å². The van der Waals surface area contributed by atoms with Crippen LogP contribution in [-0.2, 0) is 12.8 Å². The van der Waals surface area contributed by atoms with Crippen molar-refractivity contribution in [2.24, 2.45) is 0 Å². The summed E-state index contributed by atoms with van der Waals surface area (Å²) in [5, 5.41) is 0. The topological polar surface area (TPSA) is 32.3 Å². The Kier molecular flexibility index (Phi) is 4.43. The van der Waals surface area contributed by atoms with Crippen molar-refractivity contribution in [3.63, 3.8) is 0 Å². The zero-order chi connectivity index (χ0) is 14.8. The fourth-order valence-electron chi connectivity index (χ4n) is 3.76. The van der Waals surface area contributed by atoms with Crippen LogP contribution in [0.3, 0.4) is 0 Å². The van der Waals surface area contributed by atoms with Gasteiger partial charge < -0.3 is 9.80 Å². The number of aromatic nitrogens is 2. The van der Waals surface area contributed by atoms with Gasteiger partial charge in [-0.3, -0.25) is 0 Å². The zero-order valence-electron chi connectivity index (χ0n) is 13.7. The predicted octanol–water partition coefficient (Wildman–Crippen LogP) is 2.58. The normalized spacial score (nSPS) is 23.0. The summed E-state index contributed by atoms with van der Waals surface area (Å²) in [5.74, 6) is 2.19. The highest BCUT2D eigenvalue weighted by atomic mass is 15.2. The van der Waals surface area contributed by atoms with Crippen LogP contribution in [0.5, 0.6) is 0 Å². The Labute approximate surface area is 128 Å². The van der Waals surface area contributed by atoms with Gasteiger partial charge in [0.05, 0.1) is 0 Å². The van der Waals surface area contributed by atoms with E-state index in [0.717, 1.165) is 25.3 Å². The summed E-state index contributed by atoms with van der Waals surface area (Å²) in [6.45, 7) is 4.32. The Morgan fingerprint density at radius 1 is 1.00 bits per heavy atom. The number of hydrogen-bond donors (Lipinski definition) is 0. The molecule has 1 aromatic rings. The molecule has 0 saturated carbocycles. The molecule has 0 spiro atoms.